The Morgan fingerprint density at radius 2 is 1.00 bits per heavy atom. The number of fused-ring (bicyclic) bond motifs is 11. The second-order valence-corrected chi connectivity index (χ2v) is 14.9. The van der Waals surface area contributed by atoms with Crippen LogP contribution in [0.1, 0.15) is 30.5 Å². The van der Waals surface area contributed by atoms with Crippen molar-refractivity contribution in [3.8, 4) is 22.8 Å². The molecule has 8 aromatic carbocycles. The van der Waals surface area contributed by atoms with Crippen molar-refractivity contribution in [3.05, 3.63) is 168 Å². The molecule has 0 saturated heterocycles. The lowest BCUT2D eigenvalue weighted by Crippen LogP contribution is -2.31. The molecule has 54 heavy (non-hydrogen) atoms. The molecule has 0 fully saturated rings. The molecule has 0 aliphatic carbocycles. The maximum absolute atomic E-state index is 6.86. The van der Waals surface area contributed by atoms with E-state index >= 15 is 0 Å². The molecule has 0 unspecified atom stereocenters. The van der Waals surface area contributed by atoms with Gasteiger partial charge in [-0.2, -0.15) is 9.97 Å². The van der Waals surface area contributed by atoms with Gasteiger partial charge in [-0.25, -0.2) is 4.98 Å². The lowest BCUT2D eigenvalue weighted by Gasteiger charge is -2.41. The summed E-state index contributed by atoms with van der Waals surface area (Å²) in [7, 11) is 0. The van der Waals surface area contributed by atoms with Crippen molar-refractivity contribution in [2.45, 2.75) is 26.2 Å². The van der Waals surface area contributed by atoms with Crippen LogP contribution in [0, 0.1) is 6.92 Å². The fourth-order valence-electron chi connectivity index (χ4n) is 8.64. The number of aromatic nitrogens is 3. The van der Waals surface area contributed by atoms with Crippen LogP contribution in [0.4, 0.5) is 17.3 Å². The highest BCUT2D eigenvalue weighted by Crippen LogP contribution is 2.53. The van der Waals surface area contributed by atoms with E-state index < -0.39 is 0 Å². The van der Waals surface area contributed by atoms with Gasteiger partial charge in [-0.15, -0.1) is 0 Å². The first kappa shape index (κ1) is 30.7. The molecular formula is C49H34N4O. The van der Waals surface area contributed by atoms with Gasteiger partial charge in [0.05, 0.1) is 11.4 Å². The van der Waals surface area contributed by atoms with E-state index in [9.17, 15) is 0 Å². The van der Waals surface area contributed by atoms with Gasteiger partial charge in [0, 0.05) is 33.4 Å². The van der Waals surface area contributed by atoms with Crippen LogP contribution in [0.25, 0.3) is 77.0 Å². The zero-order chi connectivity index (χ0) is 36.1. The van der Waals surface area contributed by atoms with E-state index in [0.717, 1.165) is 44.4 Å². The van der Waals surface area contributed by atoms with Crippen LogP contribution in [-0.2, 0) is 5.41 Å². The number of hydrogen-bond acceptors (Lipinski definition) is 5. The molecule has 3 heterocycles. The summed E-state index contributed by atoms with van der Waals surface area (Å²) in [5, 5.41) is 9.64. The van der Waals surface area contributed by atoms with Gasteiger partial charge in [0.15, 0.2) is 11.6 Å². The van der Waals surface area contributed by atoms with Gasteiger partial charge in [0.2, 0.25) is 5.95 Å². The van der Waals surface area contributed by atoms with Crippen molar-refractivity contribution < 1.29 is 4.42 Å². The molecule has 5 nitrogen and oxygen atoms in total. The molecule has 0 bridgehead atoms. The Kier molecular flexibility index (Phi) is 6.45. The minimum atomic E-state index is -0.324. The second-order valence-electron chi connectivity index (χ2n) is 14.9. The largest absolute Gasteiger partial charge is 0.456 e. The van der Waals surface area contributed by atoms with Crippen molar-refractivity contribution in [1.82, 2.24) is 15.0 Å². The van der Waals surface area contributed by atoms with Gasteiger partial charge in [-0.05, 0) is 74.6 Å². The molecule has 0 radical (unpaired) electrons. The summed E-state index contributed by atoms with van der Waals surface area (Å²) in [4.78, 5) is 17.6. The van der Waals surface area contributed by atoms with Crippen molar-refractivity contribution in [2.24, 2.45) is 0 Å². The van der Waals surface area contributed by atoms with E-state index in [1.807, 2.05) is 60.7 Å². The normalized spacial score (nSPS) is 13.6. The minimum Gasteiger partial charge on any atom is -0.456 e. The van der Waals surface area contributed by atoms with Gasteiger partial charge < -0.3 is 4.42 Å². The quantitative estimate of drug-likeness (QED) is 0.172. The standard InChI is InChI=1S/C49H34N4O/c1-29-22-23-34-35(24-29)32-18-10-11-19-33(32)36-25-38-39-26-41-43(28-45(39)54-44(38)27-37(34)36)53(42-21-13-12-20-40(42)49(41,2)3)48-51-46(30-14-6-4-7-15-30)50-47(52-48)31-16-8-5-9-17-31/h4-28H,1-3H3. The van der Waals surface area contributed by atoms with Crippen molar-refractivity contribution in [3.63, 3.8) is 0 Å². The molecule has 256 valence electrons. The first-order valence-electron chi connectivity index (χ1n) is 18.4. The SMILES string of the molecule is Cc1ccc2c(c1)c1ccccc1c1cc3c(cc21)oc1cc2c(cc13)C(C)(C)c1ccccc1N2c1nc(-c2ccccc2)nc(-c2ccccc2)n1. The maximum Gasteiger partial charge on any atom is 0.238 e. The summed E-state index contributed by atoms with van der Waals surface area (Å²) in [6.45, 7) is 6.78. The number of aryl methyl sites for hydroxylation is 1. The molecular weight excluding hydrogens is 661 g/mol. The Morgan fingerprint density at radius 3 is 1.70 bits per heavy atom. The summed E-state index contributed by atoms with van der Waals surface area (Å²) < 4.78 is 6.86. The smallest absolute Gasteiger partial charge is 0.238 e. The first-order valence-corrected chi connectivity index (χ1v) is 18.4. The summed E-state index contributed by atoms with van der Waals surface area (Å²) in [5.74, 6) is 1.80. The van der Waals surface area contributed by atoms with Crippen LogP contribution in [0.3, 0.4) is 0 Å². The lowest BCUT2D eigenvalue weighted by atomic mass is 9.73. The molecule has 0 atom stereocenters. The van der Waals surface area contributed by atoms with Crippen LogP contribution in [-0.4, -0.2) is 15.0 Å². The molecule has 0 spiro atoms. The maximum atomic E-state index is 6.86. The fraction of sp³-hybridized carbons (Fsp3) is 0.0816. The van der Waals surface area contributed by atoms with Gasteiger partial charge in [0.25, 0.3) is 0 Å². The Hall–Kier alpha value is -6.85. The van der Waals surface area contributed by atoms with E-state index in [1.54, 1.807) is 0 Å². The predicted molar refractivity (Wildman–Crippen MR) is 222 cm³/mol. The average molecular weight is 695 g/mol. The Morgan fingerprint density at radius 1 is 0.444 bits per heavy atom. The Balaban J connectivity index is 1.20. The molecule has 0 amide bonds. The highest BCUT2D eigenvalue weighted by Gasteiger charge is 2.39. The van der Waals surface area contributed by atoms with Crippen molar-refractivity contribution in [2.75, 3.05) is 4.90 Å². The number of rotatable bonds is 3. The molecule has 0 N–H and O–H groups in total. The van der Waals surface area contributed by atoms with Crippen LogP contribution >= 0.6 is 0 Å². The van der Waals surface area contributed by atoms with Gasteiger partial charge in [-0.1, -0.05) is 141 Å². The zero-order valence-corrected chi connectivity index (χ0v) is 30.1. The number of nitrogens with zero attached hydrogens (tertiary/aromatic N) is 4. The monoisotopic (exact) mass is 694 g/mol. The second kappa shape index (κ2) is 11.3. The third-order valence-corrected chi connectivity index (χ3v) is 11.3. The van der Waals surface area contributed by atoms with E-state index in [2.05, 4.69) is 117 Å². The van der Waals surface area contributed by atoms with Gasteiger partial charge >= 0.3 is 0 Å². The number of furan rings is 1. The fourth-order valence-corrected chi connectivity index (χ4v) is 8.64. The van der Waals surface area contributed by atoms with Crippen LogP contribution in [0.15, 0.2) is 156 Å². The predicted octanol–water partition coefficient (Wildman–Crippen LogP) is 13.0. The molecule has 11 rings (SSSR count). The van der Waals surface area contributed by atoms with Gasteiger partial charge in [0.1, 0.15) is 11.2 Å². The highest BCUT2D eigenvalue weighted by atomic mass is 16.3. The van der Waals surface area contributed by atoms with E-state index in [1.165, 1.54) is 49.0 Å². The van der Waals surface area contributed by atoms with Gasteiger partial charge in [-0.3, -0.25) is 4.90 Å². The lowest BCUT2D eigenvalue weighted by molar-refractivity contribution is 0.629. The van der Waals surface area contributed by atoms with Crippen molar-refractivity contribution in [1.29, 1.82) is 0 Å². The van der Waals surface area contributed by atoms with E-state index in [0.29, 0.717) is 17.6 Å². The number of para-hydroxylation sites is 1. The first-order chi connectivity index (χ1) is 26.4. The molecule has 10 aromatic rings. The van der Waals surface area contributed by atoms with E-state index in [-0.39, 0.29) is 5.41 Å². The van der Waals surface area contributed by atoms with Crippen LogP contribution in [0.2, 0.25) is 0 Å². The van der Waals surface area contributed by atoms with Crippen molar-refractivity contribution >= 4 is 71.6 Å². The van der Waals surface area contributed by atoms with Crippen LogP contribution in [0.5, 0.6) is 0 Å². The Bertz CT molecular complexity index is 3090. The average Bonchev–Trinajstić information content (AvgIpc) is 3.57. The third kappa shape index (κ3) is 4.48. The summed E-state index contributed by atoms with van der Waals surface area (Å²) in [6, 6.07) is 53.5. The number of hydrogen-bond donors (Lipinski definition) is 0. The minimum absolute atomic E-state index is 0.324. The van der Waals surface area contributed by atoms with Crippen LogP contribution < -0.4 is 4.90 Å². The third-order valence-electron chi connectivity index (χ3n) is 11.3. The molecule has 5 heteroatoms. The highest BCUT2D eigenvalue weighted by molar-refractivity contribution is 6.28. The topological polar surface area (TPSA) is 55.1 Å². The molecule has 1 aliphatic rings. The number of benzene rings is 8. The molecule has 2 aromatic heterocycles. The number of anilines is 3. The summed E-state index contributed by atoms with van der Waals surface area (Å²) in [6.07, 6.45) is 0. The van der Waals surface area contributed by atoms with E-state index in [4.69, 9.17) is 19.4 Å². The molecule has 1 aliphatic heterocycles. The Labute approximate surface area is 312 Å². The molecule has 0 saturated carbocycles. The summed E-state index contributed by atoms with van der Waals surface area (Å²) in [5.41, 5.74) is 8.89. The zero-order valence-electron chi connectivity index (χ0n) is 30.1. The summed E-state index contributed by atoms with van der Waals surface area (Å²) >= 11 is 0.